The van der Waals surface area contributed by atoms with Crippen LogP contribution < -0.4 is 5.32 Å². The summed E-state index contributed by atoms with van der Waals surface area (Å²) >= 11 is 1.13. The number of thiazole rings is 1. The first-order chi connectivity index (χ1) is 10.1. The SMILES string of the molecule is CCC(=O)Nc1nc(C)c(C(=O)OCc2ccccc2)s1. The molecule has 1 aromatic carbocycles. The van der Waals surface area contributed by atoms with Crippen molar-refractivity contribution < 1.29 is 14.3 Å². The van der Waals surface area contributed by atoms with Crippen molar-refractivity contribution in [2.24, 2.45) is 0 Å². The van der Waals surface area contributed by atoms with Crippen LogP contribution >= 0.6 is 11.3 Å². The number of rotatable bonds is 5. The molecule has 1 aromatic heterocycles. The van der Waals surface area contributed by atoms with Crippen LogP contribution in [0.2, 0.25) is 0 Å². The molecule has 0 bridgehead atoms. The molecule has 1 N–H and O–H groups in total. The summed E-state index contributed by atoms with van der Waals surface area (Å²) in [6.07, 6.45) is 0.367. The van der Waals surface area contributed by atoms with Gasteiger partial charge in [0.2, 0.25) is 5.91 Å². The second-order valence-electron chi connectivity index (χ2n) is 4.40. The number of amides is 1. The number of aromatic nitrogens is 1. The van der Waals surface area contributed by atoms with Gasteiger partial charge in [-0.15, -0.1) is 0 Å². The third-order valence-electron chi connectivity index (χ3n) is 2.76. The molecular formula is C15H16N2O3S. The predicted octanol–water partition coefficient (Wildman–Crippen LogP) is 3.16. The fraction of sp³-hybridized carbons (Fsp3) is 0.267. The van der Waals surface area contributed by atoms with E-state index in [0.29, 0.717) is 22.1 Å². The van der Waals surface area contributed by atoms with Gasteiger partial charge < -0.3 is 10.1 Å². The number of benzene rings is 1. The Morgan fingerprint density at radius 3 is 2.67 bits per heavy atom. The van der Waals surface area contributed by atoms with Gasteiger partial charge in [0, 0.05) is 6.42 Å². The zero-order valence-electron chi connectivity index (χ0n) is 11.9. The van der Waals surface area contributed by atoms with Crippen molar-refractivity contribution in [2.75, 3.05) is 5.32 Å². The summed E-state index contributed by atoms with van der Waals surface area (Å²) in [6.45, 7) is 3.69. The van der Waals surface area contributed by atoms with Gasteiger partial charge in [0.15, 0.2) is 5.13 Å². The van der Waals surface area contributed by atoms with Gasteiger partial charge >= 0.3 is 5.97 Å². The molecule has 0 unspecified atom stereocenters. The van der Waals surface area contributed by atoms with E-state index in [2.05, 4.69) is 10.3 Å². The Labute approximate surface area is 127 Å². The fourth-order valence-corrected chi connectivity index (χ4v) is 2.51. The maximum absolute atomic E-state index is 12.0. The molecule has 1 heterocycles. The van der Waals surface area contributed by atoms with Crippen LogP contribution in [0.15, 0.2) is 30.3 Å². The topological polar surface area (TPSA) is 68.3 Å². The zero-order chi connectivity index (χ0) is 15.2. The Bertz CT molecular complexity index is 638. The van der Waals surface area contributed by atoms with Gasteiger partial charge in [-0.2, -0.15) is 0 Å². The molecule has 0 radical (unpaired) electrons. The van der Waals surface area contributed by atoms with E-state index in [1.165, 1.54) is 0 Å². The maximum atomic E-state index is 12.0. The first-order valence-electron chi connectivity index (χ1n) is 6.58. The van der Waals surface area contributed by atoms with Crippen molar-refractivity contribution in [3.63, 3.8) is 0 Å². The van der Waals surface area contributed by atoms with Crippen molar-refractivity contribution in [1.29, 1.82) is 0 Å². The van der Waals surface area contributed by atoms with E-state index in [1.807, 2.05) is 30.3 Å². The molecular weight excluding hydrogens is 288 g/mol. The van der Waals surface area contributed by atoms with Gasteiger partial charge in [0.1, 0.15) is 11.5 Å². The largest absolute Gasteiger partial charge is 0.457 e. The van der Waals surface area contributed by atoms with Crippen LogP contribution in [0.3, 0.4) is 0 Å². The minimum Gasteiger partial charge on any atom is -0.457 e. The van der Waals surface area contributed by atoms with Gasteiger partial charge in [-0.25, -0.2) is 9.78 Å². The molecule has 0 spiro atoms. The van der Waals surface area contributed by atoms with Crippen LogP contribution in [0.25, 0.3) is 0 Å². The number of hydrogen-bond acceptors (Lipinski definition) is 5. The first kappa shape index (κ1) is 15.2. The molecule has 0 saturated heterocycles. The average Bonchev–Trinajstić information content (AvgIpc) is 2.86. The van der Waals surface area contributed by atoms with E-state index in [-0.39, 0.29) is 12.5 Å². The number of esters is 1. The smallest absolute Gasteiger partial charge is 0.350 e. The van der Waals surface area contributed by atoms with Crippen LogP contribution in [-0.4, -0.2) is 16.9 Å². The number of nitrogens with zero attached hydrogens (tertiary/aromatic N) is 1. The Balaban J connectivity index is 2.00. The Kier molecular flexibility index (Phi) is 5.05. The van der Waals surface area contributed by atoms with Gasteiger partial charge in [0.25, 0.3) is 0 Å². The number of carbonyl (C=O) groups is 2. The van der Waals surface area contributed by atoms with Crippen molar-refractivity contribution in [3.8, 4) is 0 Å². The lowest BCUT2D eigenvalue weighted by molar-refractivity contribution is -0.115. The van der Waals surface area contributed by atoms with E-state index < -0.39 is 5.97 Å². The summed E-state index contributed by atoms with van der Waals surface area (Å²) in [7, 11) is 0. The minimum atomic E-state index is -0.425. The highest BCUT2D eigenvalue weighted by atomic mass is 32.1. The second-order valence-corrected chi connectivity index (χ2v) is 5.40. The van der Waals surface area contributed by atoms with Gasteiger partial charge in [0.05, 0.1) is 5.69 Å². The number of nitrogens with one attached hydrogen (secondary N) is 1. The lowest BCUT2D eigenvalue weighted by Crippen LogP contribution is -2.08. The molecule has 2 aromatic rings. The van der Waals surface area contributed by atoms with Gasteiger partial charge in [-0.05, 0) is 12.5 Å². The molecule has 1 amide bonds. The van der Waals surface area contributed by atoms with Gasteiger partial charge in [-0.3, -0.25) is 4.79 Å². The molecule has 5 nitrogen and oxygen atoms in total. The molecule has 110 valence electrons. The van der Waals surface area contributed by atoms with Crippen molar-refractivity contribution in [1.82, 2.24) is 4.98 Å². The normalized spacial score (nSPS) is 10.2. The van der Waals surface area contributed by atoms with Crippen molar-refractivity contribution in [2.45, 2.75) is 26.9 Å². The van der Waals surface area contributed by atoms with E-state index in [1.54, 1.807) is 13.8 Å². The number of aryl methyl sites for hydroxylation is 1. The molecule has 6 heteroatoms. The summed E-state index contributed by atoms with van der Waals surface area (Å²) < 4.78 is 5.26. The predicted molar refractivity (Wildman–Crippen MR) is 81.3 cm³/mol. The number of ether oxygens (including phenoxy) is 1. The van der Waals surface area contributed by atoms with Crippen molar-refractivity contribution >= 4 is 28.3 Å². The Morgan fingerprint density at radius 1 is 1.29 bits per heavy atom. The van der Waals surface area contributed by atoms with E-state index >= 15 is 0 Å². The van der Waals surface area contributed by atoms with E-state index in [4.69, 9.17) is 4.74 Å². The molecule has 0 aliphatic carbocycles. The second kappa shape index (κ2) is 6.99. The monoisotopic (exact) mass is 304 g/mol. The quantitative estimate of drug-likeness (QED) is 0.862. The molecule has 2 rings (SSSR count). The molecule has 0 aliphatic heterocycles. The average molecular weight is 304 g/mol. The molecule has 21 heavy (non-hydrogen) atoms. The fourth-order valence-electron chi connectivity index (χ4n) is 1.64. The highest BCUT2D eigenvalue weighted by molar-refractivity contribution is 7.17. The van der Waals surface area contributed by atoms with Crippen LogP contribution in [0.5, 0.6) is 0 Å². The summed E-state index contributed by atoms with van der Waals surface area (Å²) in [6, 6.07) is 9.46. The molecule has 0 saturated carbocycles. The van der Waals surface area contributed by atoms with Crippen LogP contribution in [0.1, 0.15) is 34.3 Å². The highest BCUT2D eigenvalue weighted by Gasteiger charge is 2.17. The molecule has 0 fully saturated rings. The number of hydrogen-bond donors (Lipinski definition) is 1. The maximum Gasteiger partial charge on any atom is 0.350 e. The minimum absolute atomic E-state index is 0.132. The van der Waals surface area contributed by atoms with Crippen LogP contribution in [0.4, 0.5) is 5.13 Å². The molecule has 0 atom stereocenters. The van der Waals surface area contributed by atoms with E-state index in [0.717, 1.165) is 16.9 Å². The Morgan fingerprint density at radius 2 is 2.00 bits per heavy atom. The zero-order valence-corrected chi connectivity index (χ0v) is 12.7. The summed E-state index contributed by atoms with van der Waals surface area (Å²) in [5.74, 6) is -0.557. The third kappa shape index (κ3) is 4.13. The summed E-state index contributed by atoms with van der Waals surface area (Å²) in [5, 5.41) is 3.06. The summed E-state index contributed by atoms with van der Waals surface area (Å²) in [4.78, 5) is 27.9. The van der Waals surface area contributed by atoms with Gasteiger partial charge in [-0.1, -0.05) is 48.6 Å². The standard InChI is InChI=1S/C15H16N2O3S/c1-3-12(18)17-15-16-10(2)13(21-15)14(19)20-9-11-7-5-4-6-8-11/h4-8H,3,9H2,1-2H3,(H,16,17,18). The first-order valence-corrected chi connectivity index (χ1v) is 7.40. The van der Waals surface area contributed by atoms with Crippen LogP contribution in [0, 0.1) is 6.92 Å². The highest BCUT2D eigenvalue weighted by Crippen LogP contribution is 2.23. The third-order valence-corrected chi connectivity index (χ3v) is 3.82. The van der Waals surface area contributed by atoms with Crippen LogP contribution in [-0.2, 0) is 16.1 Å². The van der Waals surface area contributed by atoms with Crippen molar-refractivity contribution in [3.05, 3.63) is 46.5 Å². The lowest BCUT2D eigenvalue weighted by atomic mass is 10.2. The molecule has 0 aliphatic rings. The summed E-state index contributed by atoms with van der Waals surface area (Å²) in [5.41, 5.74) is 1.48. The number of carbonyl (C=O) groups excluding carboxylic acids is 2. The Hall–Kier alpha value is -2.21. The number of anilines is 1. The lowest BCUT2D eigenvalue weighted by Gasteiger charge is -2.03. The van der Waals surface area contributed by atoms with E-state index in [9.17, 15) is 9.59 Å².